The van der Waals surface area contributed by atoms with Gasteiger partial charge in [-0.25, -0.2) is 18.5 Å². The topological polar surface area (TPSA) is 172 Å². The van der Waals surface area contributed by atoms with E-state index < -0.39 is 28.4 Å². The van der Waals surface area contributed by atoms with Crippen molar-refractivity contribution in [1.82, 2.24) is 19.5 Å². The molecule has 0 spiro atoms. The third kappa shape index (κ3) is 7.35. The van der Waals surface area contributed by atoms with E-state index in [0.717, 1.165) is 21.2 Å². The van der Waals surface area contributed by atoms with E-state index in [2.05, 4.69) is 19.9 Å². The van der Waals surface area contributed by atoms with Crippen LogP contribution in [0.1, 0.15) is 5.56 Å². The molecule has 42 heavy (non-hydrogen) atoms. The van der Waals surface area contributed by atoms with Gasteiger partial charge in [0.25, 0.3) is 5.56 Å². The van der Waals surface area contributed by atoms with E-state index in [1.807, 2.05) is 0 Å². The van der Waals surface area contributed by atoms with Gasteiger partial charge in [-0.2, -0.15) is 9.40 Å². The fourth-order valence-electron chi connectivity index (χ4n) is 3.91. The molecule has 0 aliphatic carbocycles. The number of nitrogens with one attached hydrogen (secondary N) is 1. The molecule has 4 N–H and O–H groups in total. The number of ether oxygens (including phenoxy) is 1. The van der Waals surface area contributed by atoms with Crippen LogP contribution in [0.3, 0.4) is 0 Å². The van der Waals surface area contributed by atoms with Gasteiger partial charge in [0.2, 0.25) is 10.0 Å². The lowest BCUT2D eigenvalue weighted by atomic mass is 10.2. The Balaban J connectivity index is 0.000000262. The van der Waals surface area contributed by atoms with Gasteiger partial charge in [-0.1, -0.05) is 35.1 Å². The fourth-order valence-corrected chi connectivity index (χ4v) is 6.56. The zero-order valence-corrected chi connectivity index (χ0v) is 23.7. The summed E-state index contributed by atoms with van der Waals surface area (Å²) in [6.45, 7) is 0.369. The minimum absolute atomic E-state index is 0.0285. The number of hydrogen-bond donors (Lipinski definition) is 3. The molecular weight excluding hydrogens is 625 g/mol. The average Bonchev–Trinajstić information content (AvgIpc) is 3.39. The zero-order valence-electron chi connectivity index (χ0n) is 21.3. The van der Waals surface area contributed by atoms with E-state index in [0.29, 0.717) is 26.9 Å². The van der Waals surface area contributed by atoms with Crippen molar-refractivity contribution in [3.63, 3.8) is 0 Å². The molecule has 4 aromatic rings. The van der Waals surface area contributed by atoms with Crippen molar-refractivity contribution < 1.29 is 36.2 Å². The SMILES string of the molecule is NCc1ccc(OC(F)(F)F)cc1.O=C(O)[C@H]1CN(c2nc3cn[nH]c(=O)c3s2)CCN1S(=O)(=O)c1ccc(Cl)cc1. The second-order valence-electron chi connectivity index (χ2n) is 8.68. The van der Waals surface area contributed by atoms with Gasteiger partial charge in [-0.3, -0.25) is 9.59 Å². The van der Waals surface area contributed by atoms with Crippen LogP contribution in [0, 0.1) is 0 Å². The first-order chi connectivity index (χ1) is 19.8. The van der Waals surface area contributed by atoms with Gasteiger partial charge < -0.3 is 20.5 Å². The van der Waals surface area contributed by atoms with Crippen LogP contribution in [0.15, 0.2) is 64.4 Å². The Kier molecular flexibility index (Phi) is 9.37. The van der Waals surface area contributed by atoms with E-state index in [4.69, 9.17) is 17.3 Å². The number of piperazine rings is 1. The minimum Gasteiger partial charge on any atom is -0.480 e. The molecule has 1 saturated heterocycles. The second kappa shape index (κ2) is 12.6. The molecule has 2 aromatic heterocycles. The fraction of sp³-hybridized carbons (Fsp3) is 0.250. The Morgan fingerprint density at radius 2 is 1.83 bits per heavy atom. The van der Waals surface area contributed by atoms with E-state index in [1.54, 1.807) is 4.90 Å². The average molecular weight is 647 g/mol. The number of rotatable bonds is 6. The number of carboxylic acids is 1. The van der Waals surface area contributed by atoms with Crippen LogP contribution in [0.5, 0.6) is 5.75 Å². The molecule has 1 atom stereocenters. The summed E-state index contributed by atoms with van der Waals surface area (Å²) in [7, 11) is -4.02. The van der Waals surface area contributed by atoms with Crippen molar-refractivity contribution in [3.05, 3.63) is 75.7 Å². The summed E-state index contributed by atoms with van der Waals surface area (Å²) in [4.78, 5) is 29.7. The quantitative estimate of drug-likeness (QED) is 0.283. The molecule has 2 aromatic carbocycles. The number of nitrogens with two attached hydrogens (primary N) is 1. The summed E-state index contributed by atoms with van der Waals surface area (Å²) < 4.78 is 66.0. The summed E-state index contributed by atoms with van der Waals surface area (Å²) >= 11 is 6.92. The number of sulfonamides is 1. The Morgan fingerprint density at radius 3 is 2.40 bits per heavy atom. The summed E-state index contributed by atoms with van der Waals surface area (Å²) in [5.74, 6) is -1.50. The zero-order chi connectivity index (χ0) is 30.7. The number of aromatic amines is 1. The second-order valence-corrected chi connectivity index (χ2v) is 12.0. The first-order valence-electron chi connectivity index (χ1n) is 11.9. The van der Waals surface area contributed by atoms with Gasteiger partial charge in [0.05, 0.1) is 11.1 Å². The first-order valence-corrected chi connectivity index (χ1v) is 14.6. The number of thiazole rings is 1. The normalized spacial score (nSPS) is 16.1. The molecule has 0 radical (unpaired) electrons. The van der Waals surface area contributed by atoms with Gasteiger partial charge in [0.1, 0.15) is 22.0 Å². The summed E-state index contributed by atoms with van der Waals surface area (Å²) in [6.07, 6.45) is -3.23. The highest BCUT2D eigenvalue weighted by atomic mass is 35.5. The number of H-pyrrole nitrogens is 1. The molecule has 1 fully saturated rings. The Morgan fingerprint density at radius 1 is 1.17 bits per heavy atom. The van der Waals surface area contributed by atoms with Gasteiger partial charge in [0.15, 0.2) is 5.13 Å². The van der Waals surface area contributed by atoms with Crippen LogP contribution < -0.4 is 20.9 Å². The molecule has 1 aliphatic rings. The van der Waals surface area contributed by atoms with Crippen molar-refractivity contribution in [2.45, 2.75) is 23.8 Å². The molecule has 0 saturated carbocycles. The van der Waals surface area contributed by atoms with E-state index in [9.17, 15) is 36.3 Å². The molecule has 0 amide bonds. The number of benzene rings is 2. The number of fused-ring (bicyclic) bond motifs is 1. The Hall–Kier alpha value is -3.77. The van der Waals surface area contributed by atoms with Crippen LogP contribution in [0.2, 0.25) is 5.02 Å². The number of alkyl halides is 3. The highest BCUT2D eigenvalue weighted by Crippen LogP contribution is 2.30. The summed E-state index contributed by atoms with van der Waals surface area (Å²) in [6, 6.07) is 9.69. The predicted octanol–water partition coefficient (Wildman–Crippen LogP) is 3.04. The van der Waals surface area contributed by atoms with Crippen LogP contribution >= 0.6 is 22.9 Å². The highest BCUT2D eigenvalue weighted by Gasteiger charge is 2.41. The highest BCUT2D eigenvalue weighted by molar-refractivity contribution is 7.89. The Labute approximate surface area is 245 Å². The van der Waals surface area contributed by atoms with Crippen molar-refractivity contribution >= 4 is 54.3 Å². The van der Waals surface area contributed by atoms with E-state index in [-0.39, 0.29) is 35.8 Å². The van der Waals surface area contributed by atoms with Gasteiger partial charge in [0, 0.05) is 31.2 Å². The lowest BCUT2D eigenvalue weighted by Crippen LogP contribution is -2.58. The van der Waals surface area contributed by atoms with E-state index in [1.165, 1.54) is 54.7 Å². The number of aromatic nitrogens is 3. The van der Waals surface area contributed by atoms with Crippen molar-refractivity contribution in [1.29, 1.82) is 0 Å². The van der Waals surface area contributed by atoms with Crippen molar-refractivity contribution in [2.24, 2.45) is 5.73 Å². The molecule has 18 heteroatoms. The lowest BCUT2D eigenvalue weighted by molar-refractivity contribution is -0.274. The molecule has 5 rings (SSSR count). The number of aliphatic carboxylic acids is 1. The van der Waals surface area contributed by atoms with Gasteiger partial charge in [-0.15, -0.1) is 13.2 Å². The molecule has 0 unspecified atom stereocenters. The maximum atomic E-state index is 13.0. The lowest BCUT2D eigenvalue weighted by Gasteiger charge is -2.38. The van der Waals surface area contributed by atoms with Crippen LogP contribution in [-0.4, -0.2) is 71.0 Å². The number of anilines is 1. The van der Waals surface area contributed by atoms with Crippen molar-refractivity contribution in [2.75, 3.05) is 24.5 Å². The third-order valence-electron chi connectivity index (χ3n) is 5.90. The van der Waals surface area contributed by atoms with E-state index >= 15 is 0 Å². The number of carbonyl (C=O) groups is 1. The molecule has 12 nitrogen and oxygen atoms in total. The molecule has 1 aliphatic heterocycles. The number of carboxylic acid groups (broad SMARTS) is 1. The first kappa shape index (κ1) is 31.2. The number of nitrogens with zero attached hydrogens (tertiary/aromatic N) is 4. The smallest absolute Gasteiger partial charge is 0.480 e. The standard InChI is InChI=1S/C16H14ClN5O5S2.C8H8F3NO/c17-9-1-3-10(4-2-9)29(26,27)22-6-5-21(8-12(22)15(24)25)16-19-11-7-18-20-14(23)13(11)28-16;9-8(10,11)13-7-3-1-6(5-12)2-4-7/h1-4,7,12H,5-6,8H2,(H,20,23)(H,24,25);1-4H,5,12H2/t12-;/m1./s1. The molecule has 3 heterocycles. The minimum atomic E-state index is -4.63. The largest absolute Gasteiger partial charge is 0.573 e. The summed E-state index contributed by atoms with van der Waals surface area (Å²) in [5, 5.41) is 16.5. The molecular formula is C24H22ClF3N6O6S2. The van der Waals surface area contributed by atoms with Gasteiger partial charge in [-0.05, 0) is 42.0 Å². The van der Waals surface area contributed by atoms with Crippen LogP contribution in [-0.2, 0) is 21.4 Å². The van der Waals surface area contributed by atoms with Gasteiger partial charge >= 0.3 is 12.3 Å². The number of hydrogen-bond acceptors (Lipinski definition) is 10. The molecule has 0 bridgehead atoms. The van der Waals surface area contributed by atoms with Crippen molar-refractivity contribution in [3.8, 4) is 5.75 Å². The third-order valence-corrected chi connectivity index (χ3v) is 9.21. The predicted molar refractivity (Wildman–Crippen MR) is 148 cm³/mol. The summed E-state index contributed by atoms with van der Waals surface area (Å²) in [5.41, 5.74) is 6.04. The molecule has 224 valence electrons. The van der Waals surface area contributed by atoms with Crippen LogP contribution in [0.4, 0.5) is 18.3 Å². The monoisotopic (exact) mass is 646 g/mol. The Bertz CT molecular complexity index is 1720. The maximum Gasteiger partial charge on any atom is 0.573 e. The maximum absolute atomic E-state index is 13.0. The number of halogens is 4. The van der Waals surface area contributed by atoms with Crippen LogP contribution in [0.25, 0.3) is 10.2 Å².